The molecule has 3 aromatic carbocycles. The van der Waals surface area contributed by atoms with E-state index in [1.165, 1.54) is 34.2 Å². The molecule has 1 aromatic heterocycles. The van der Waals surface area contributed by atoms with Crippen LogP contribution in [0.2, 0.25) is 0 Å². The molecule has 0 aliphatic carbocycles. The Morgan fingerprint density at radius 2 is 1.71 bits per heavy atom. The second kappa shape index (κ2) is 12.4. The van der Waals surface area contributed by atoms with Gasteiger partial charge < -0.3 is 4.74 Å². The van der Waals surface area contributed by atoms with Crippen LogP contribution < -0.4 is 10.2 Å². The highest BCUT2D eigenvalue weighted by molar-refractivity contribution is 8.03. The highest BCUT2D eigenvalue weighted by Crippen LogP contribution is 2.30. The number of thioether (sulfide) groups is 2. The van der Waals surface area contributed by atoms with Gasteiger partial charge in [-0.2, -0.15) is 5.10 Å². The number of aromatic nitrogens is 2. The first-order valence-corrected chi connectivity index (χ1v) is 13.2. The maximum absolute atomic E-state index is 12.1. The zero-order valence-electron chi connectivity index (χ0n) is 18.4. The van der Waals surface area contributed by atoms with Crippen LogP contribution in [0.15, 0.2) is 92.6 Å². The summed E-state index contributed by atoms with van der Waals surface area (Å²) in [4.78, 5) is 12.1. The van der Waals surface area contributed by atoms with Crippen LogP contribution in [0.25, 0.3) is 0 Å². The largest absolute Gasteiger partial charge is 0.457 e. The van der Waals surface area contributed by atoms with Gasteiger partial charge in [0.2, 0.25) is 0 Å². The average Bonchev–Trinajstić information content (AvgIpc) is 3.31. The fraction of sp³-hybridized carbons (Fsp3) is 0.120. The van der Waals surface area contributed by atoms with Crippen LogP contribution >= 0.6 is 34.9 Å². The van der Waals surface area contributed by atoms with Gasteiger partial charge in [-0.15, -0.1) is 10.2 Å². The van der Waals surface area contributed by atoms with Crippen LogP contribution in [0, 0.1) is 6.92 Å². The van der Waals surface area contributed by atoms with E-state index in [9.17, 15) is 4.79 Å². The predicted octanol–water partition coefficient (Wildman–Crippen LogP) is 6.17. The molecule has 0 aliphatic rings. The minimum absolute atomic E-state index is 0.206. The number of ether oxygens (including phenoxy) is 1. The highest BCUT2D eigenvalue weighted by Gasteiger charge is 2.09. The van der Waals surface area contributed by atoms with Crippen molar-refractivity contribution in [3.05, 3.63) is 95.6 Å². The first kappa shape index (κ1) is 24.0. The number of nitrogens with zero attached hydrogens (tertiary/aromatic N) is 3. The summed E-state index contributed by atoms with van der Waals surface area (Å²) in [5.74, 6) is 2.31. The molecule has 1 amide bonds. The Balaban J connectivity index is 1.20. The molecule has 0 fully saturated rings. The summed E-state index contributed by atoms with van der Waals surface area (Å²) >= 11 is 4.48. The lowest BCUT2D eigenvalue weighted by molar-refractivity contribution is -0.118. The third-order valence-corrected chi connectivity index (χ3v) is 7.70. The van der Waals surface area contributed by atoms with Crippen molar-refractivity contribution >= 4 is 47.0 Å². The Kier molecular flexibility index (Phi) is 8.72. The molecule has 0 saturated heterocycles. The summed E-state index contributed by atoms with van der Waals surface area (Å²) in [6, 6.07) is 25.5. The molecule has 6 nitrogen and oxygen atoms in total. The van der Waals surface area contributed by atoms with Gasteiger partial charge >= 0.3 is 0 Å². The topological polar surface area (TPSA) is 76.5 Å². The molecular formula is C25H22N4O2S3. The van der Waals surface area contributed by atoms with E-state index >= 15 is 0 Å². The number of hydrazone groups is 1. The minimum Gasteiger partial charge on any atom is -0.457 e. The summed E-state index contributed by atoms with van der Waals surface area (Å²) in [7, 11) is 0. The van der Waals surface area contributed by atoms with Gasteiger partial charge in [-0.3, -0.25) is 4.79 Å². The number of hydrogen-bond acceptors (Lipinski definition) is 8. The van der Waals surface area contributed by atoms with E-state index < -0.39 is 0 Å². The van der Waals surface area contributed by atoms with Crippen LogP contribution in [-0.2, 0) is 10.5 Å². The molecule has 1 N–H and O–H groups in total. The molecule has 0 atom stereocenters. The molecule has 172 valence electrons. The van der Waals surface area contributed by atoms with Gasteiger partial charge in [-0.1, -0.05) is 95.0 Å². The number of hydrogen-bond donors (Lipinski definition) is 1. The Morgan fingerprint density at radius 3 is 2.50 bits per heavy atom. The third-order valence-electron chi connectivity index (χ3n) is 4.44. The number of rotatable bonds is 10. The zero-order valence-corrected chi connectivity index (χ0v) is 20.8. The van der Waals surface area contributed by atoms with E-state index in [0.717, 1.165) is 25.7 Å². The van der Waals surface area contributed by atoms with Crippen molar-refractivity contribution in [2.75, 3.05) is 5.75 Å². The second-order valence-corrected chi connectivity index (χ2v) is 10.6. The number of amides is 1. The first-order chi connectivity index (χ1) is 16.6. The molecule has 0 unspecified atom stereocenters. The van der Waals surface area contributed by atoms with Crippen LogP contribution in [0.5, 0.6) is 11.5 Å². The number of carbonyl (C=O) groups is 1. The summed E-state index contributed by atoms with van der Waals surface area (Å²) in [6.45, 7) is 2.08. The molecule has 34 heavy (non-hydrogen) atoms. The summed E-state index contributed by atoms with van der Waals surface area (Å²) < 4.78 is 7.47. The van der Waals surface area contributed by atoms with Crippen molar-refractivity contribution < 1.29 is 9.53 Å². The van der Waals surface area contributed by atoms with E-state index in [4.69, 9.17) is 4.74 Å². The van der Waals surface area contributed by atoms with Gasteiger partial charge in [0.1, 0.15) is 11.5 Å². The molecule has 9 heteroatoms. The molecule has 0 radical (unpaired) electrons. The molecule has 4 rings (SSSR count). The Bertz CT molecular complexity index is 1240. The molecule has 0 spiro atoms. The highest BCUT2D eigenvalue weighted by atomic mass is 32.2. The normalized spacial score (nSPS) is 11.0. The minimum atomic E-state index is -0.206. The summed E-state index contributed by atoms with van der Waals surface area (Å²) in [5, 5.41) is 12.4. The van der Waals surface area contributed by atoms with E-state index in [0.29, 0.717) is 5.75 Å². The fourth-order valence-electron chi connectivity index (χ4n) is 2.76. The van der Waals surface area contributed by atoms with E-state index in [1.54, 1.807) is 18.0 Å². The lowest BCUT2D eigenvalue weighted by Gasteiger charge is -2.05. The van der Waals surface area contributed by atoms with Gasteiger partial charge in [0.25, 0.3) is 5.91 Å². The molecule has 0 saturated carbocycles. The molecule has 0 aliphatic heterocycles. The van der Waals surface area contributed by atoms with E-state index in [1.807, 2.05) is 54.6 Å². The quantitative estimate of drug-likeness (QED) is 0.157. The Morgan fingerprint density at radius 1 is 0.971 bits per heavy atom. The second-order valence-electron chi connectivity index (χ2n) is 7.18. The smallest absolute Gasteiger partial charge is 0.250 e. The van der Waals surface area contributed by atoms with Crippen molar-refractivity contribution in [1.29, 1.82) is 0 Å². The number of para-hydroxylation sites is 1. The van der Waals surface area contributed by atoms with Crippen LogP contribution in [0.3, 0.4) is 0 Å². The Labute approximate surface area is 210 Å². The van der Waals surface area contributed by atoms with E-state index in [-0.39, 0.29) is 11.7 Å². The lowest BCUT2D eigenvalue weighted by atomic mass is 10.2. The van der Waals surface area contributed by atoms with Gasteiger partial charge in [0, 0.05) is 5.75 Å². The number of nitrogens with one attached hydrogen (secondary N) is 1. The molecule has 0 bridgehead atoms. The van der Waals surface area contributed by atoms with Crippen molar-refractivity contribution in [2.24, 2.45) is 5.10 Å². The average molecular weight is 507 g/mol. The molecular weight excluding hydrogens is 485 g/mol. The summed E-state index contributed by atoms with van der Waals surface area (Å²) in [5.41, 5.74) is 5.86. The monoisotopic (exact) mass is 506 g/mol. The van der Waals surface area contributed by atoms with Gasteiger partial charge in [0.05, 0.1) is 12.0 Å². The van der Waals surface area contributed by atoms with Crippen LogP contribution in [-0.4, -0.2) is 28.1 Å². The van der Waals surface area contributed by atoms with Crippen LogP contribution in [0.1, 0.15) is 16.7 Å². The standard InChI is InChI=1S/C25H22N4O2S3/c1-18-10-12-19(13-11-18)16-32-24-28-29-25(34-24)33-17-23(30)27-26-15-20-6-5-9-22(14-20)31-21-7-3-2-4-8-21/h2-15H,16-17H2,1H3,(H,27,30). The lowest BCUT2D eigenvalue weighted by Crippen LogP contribution is -2.19. The van der Waals surface area contributed by atoms with Gasteiger partial charge in [-0.25, -0.2) is 5.43 Å². The maximum Gasteiger partial charge on any atom is 0.250 e. The van der Waals surface area contributed by atoms with Crippen molar-refractivity contribution in [2.45, 2.75) is 21.4 Å². The number of benzene rings is 3. The fourth-order valence-corrected chi connectivity index (χ4v) is 5.53. The van der Waals surface area contributed by atoms with Crippen molar-refractivity contribution in [1.82, 2.24) is 15.6 Å². The zero-order chi connectivity index (χ0) is 23.6. The van der Waals surface area contributed by atoms with Crippen molar-refractivity contribution in [3.63, 3.8) is 0 Å². The van der Waals surface area contributed by atoms with E-state index in [2.05, 4.69) is 51.9 Å². The first-order valence-electron chi connectivity index (χ1n) is 10.4. The number of aryl methyl sites for hydroxylation is 1. The third kappa shape index (κ3) is 7.72. The van der Waals surface area contributed by atoms with Gasteiger partial charge in [-0.05, 0) is 42.3 Å². The van der Waals surface area contributed by atoms with Crippen LogP contribution in [0.4, 0.5) is 0 Å². The summed E-state index contributed by atoms with van der Waals surface area (Å²) in [6.07, 6.45) is 1.59. The number of carbonyl (C=O) groups excluding carboxylic acids is 1. The predicted molar refractivity (Wildman–Crippen MR) is 140 cm³/mol. The van der Waals surface area contributed by atoms with Crippen molar-refractivity contribution in [3.8, 4) is 11.5 Å². The maximum atomic E-state index is 12.1. The molecule has 1 heterocycles. The molecule has 4 aromatic rings. The Hall–Kier alpha value is -3.14. The SMILES string of the molecule is Cc1ccc(CSc2nnc(SCC(=O)NN=Cc3cccc(Oc4ccccc4)c3)s2)cc1. The van der Waals surface area contributed by atoms with Gasteiger partial charge in [0.15, 0.2) is 8.68 Å².